The lowest BCUT2D eigenvalue weighted by Gasteiger charge is -2.29. The normalized spacial score (nSPS) is 17.1. The van der Waals surface area contributed by atoms with E-state index in [-0.39, 0.29) is 0 Å². The van der Waals surface area contributed by atoms with Gasteiger partial charge in [0.15, 0.2) is 0 Å². The number of hydrogen-bond acceptors (Lipinski definition) is 3. The molecule has 1 fully saturated rings. The molecule has 3 nitrogen and oxygen atoms in total. The number of anilines is 1. The summed E-state index contributed by atoms with van der Waals surface area (Å²) in [7, 11) is -0.645. The first-order valence-electron chi connectivity index (χ1n) is 6.29. The van der Waals surface area contributed by atoms with Gasteiger partial charge in [-0.05, 0) is 24.2 Å². The highest BCUT2D eigenvalue weighted by Crippen LogP contribution is 2.27. The molecular formula is C13H19ClN2OS. The Labute approximate surface area is 116 Å². The summed E-state index contributed by atoms with van der Waals surface area (Å²) < 4.78 is 11.3. The van der Waals surface area contributed by atoms with Crippen LogP contribution in [0.1, 0.15) is 12.5 Å². The lowest BCUT2D eigenvalue weighted by molar-refractivity contribution is 0.673. The number of benzene rings is 1. The van der Waals surface area contributed by atoms with Crippen molar-refractivity contribution >= 4 is 28.1 Å². The molecular weight excluding hydrogens is 268 g/mol. The van der Waals surface area contributed by atoms with Crippen LogP contribution in [-0.2, 0) is 17.3 Å². The van der Waals surface area contributed by atoms with Crippen molar-refractivity contribution in [2.24, 2.45) is 0 Å². The molecule has 1 aromatic rings. The molecule has 18 heavy (non-hydrogen) atoms. The third-order valence-electron chi connectivity index (χ3n) is 3.11. The fourth-order valence-corrected chi connectivity index (χ4v) is 3.44. The van der Waals surface area contributed by atoms with Gasteiger partial charge in [-0.25, -0.2) is 0 Å². The average molecular weight is 287 g/mol. The molecule has 0 bridgehead atoms. The summed E-state index contributed by atoms with van der Waals surface area (Å²) in [6.07, 6.45) is 0. The van der Waals surface area contributed by atoms with Crippen molar-refractivity contribution < 1.29 is 4.21 Å². The molecule has 1 heterocycles. The van der Waals surface area contributed by atoms with Crippen molar-refractivity contribution in [3.05, 3.63) is 28.8 Å². The van der Waals surface area contributed by atoms with E-state index in [1.54, 1.807) is 0 Å². The predicted octanol–water partition coefficient (Wildman–Crippen LogP) is 2.02. The Hall–Kier alpha value is -0.580. The minimum atomic E-state index is -0.645. The summed E-state index contributed by atoms with van der Waals surface area (Å²) in [6.45, 7) is 5.55. The third-order valence-corrected chi connectivity index (χ3v) is 4.69. The van der Waals surface area contributed by atoms with E-state index in [2.05, 4.69) is 29.3 Å². The molecule has 1 aliphatic rings. The molecule has 0 radical (unpaired) electrons. The molecule has 1 saturated heterocycles. The third kappa shape index (κ3) is 3.46. The Morgan fingerprint density at radius 2 is 2.11 bits per heavy atom. The maximum atomic E-state index is 11.3. The largest absolute Gasteiger partial charge is 0.368 e. The summed E-state index contributed by atoms with van der Waals surface area (Å²) in [4.78, 5) is 2.22. The molecule has 0 atom stereocenters. The second kappa shape index (κ2) is 6.55. The van der Waals surface area contributed by atoms with E-state index >= 15 is 0 Å². The van der Waals surface area contributed by atoms with Gasteiger partial charge in [0.2, 0.25) is 0 Å². The highest BCUT2D eigenvalue weighted by Gasteiger charge is 2.17. The molecule has 0 aromatic heterocycles. The van der Waals surface area contributed by atoms with Gasteiger partial charge in [0.25, 0.3) is 0 Å². The van der Waals surface area contributed by atoms with Gasteiger partial charge in [-0.15, -0.1) is 0 Å². The Kier molecular flexibility index (Phi) is 5.03. The van der Waals surface area contributed by atoms with E-state index in [1.165, 1.54) is 5.56 Å². The van der Waals surface area contributed by atoms with Crippen LogP contribution in [0.4, 0.5) is 5.69 Å². The van der Waals surface area contributed by atoms with Crippen molar-refractivity contribution in [1.82, 2.24) is 5.32 Å². The van der Waals surface area contributed by atoms with Crippen molar-refractivity contribution in [1.29, 1.82) is 0 Å². The maximum Gasteiger partial charge on any atom is 0.0642 e. The zero-order chi connectivity index (χ0) is 13.0. The second-order valence-corrected chi connectivity index (χ2v) is 6.50. The topological polar surface area (TPSA) is 32.3 Å². The molecule has 0 spiro atoms. The Morgan fingerprint density at radius 1 is 1.39 bits per heavy atom. The summed E-state index contributed by atoms with van der Waals surface area (Å²) in [5, 5.41) is 4.07. The molecule has 5 heteroatoms. The van der Waals surface area contributed by atoms with Crippen molar-refractivity contribution in [3.63, 3.8) is 0 Å². The fraction of sp³-hybridized carbons (Fsp3) is 0.538. The molecule has 1 N–H and O–H groups in total. The standard InChI is InChI=1S/C13H19ClN2OS/c1-2-15-10-11-3-4-13(12(14)9-11)16-5-7-18(17)8-6-16/h3-4,9,15H,2,5-8,10H2,1H3. The van der Waals surface area contributed by atoms with Gasteiger partial charge in [0.1, 0.15) is 0 Å². The quantitative estimate of drug-likeness (QED) is 0.919. The number of rotatable bonds is 4. The average Bonchev–Trinajstić information content (AvgIpc) is 2.38. The van der Waals surface area contributed by atoms with Gasteiger partial charge in [0, 0.05) is 41.9 Å². The van der Waals surface area contributed by atoms with Crippen LogP contribution < -0.4 is 10.2 Å². The first-order chi connectivity index (χ1) is 8.70. The molecule has 100 valence electrons. The van der Waals surface area contributed by atoms with Gasteiger partial charge in [-0.1, -0.05) is 24.6 Å². The van der Waals surface area contributed by atoms with Crippen LogP contribution in [0, 0.1) is 0 Å². The highest BCUT2D eigenvalue weighted by molar-refractivity contribution is 7.85. The van der Waals surface area contributed by atoms with Crippen molar-refractivity contribution in [2.45, 2.75) is 13.5 Å². The molecule has 2 rings (SSSR count). The molecule has 0 aliphatic carbocycles. The van der Waals surface area contributed by atoms with Gasteiger partial charge < -0.3 is 10.2 Å². The molecule has 0 saturated carbocycles. The van der Waals surface area contributed by atoms with Crippen LogP contribution in [0.2, 0.25) is 5.02 Å². The Balaban J connectivity index is 2.07. The summed E-state index contributed by atoms with van der Waals surface area (Å²) in [6, 6.07) is 6.20. The minimum Gasteiger partial charge on any atom is -0.368 e. The second-order valence-electron chi connectivity index (χ2n) is 4.40. The Morgan fingerprint density at radius 3 is 2.72 bits per heavy atom. The number of nitrogens with zero attached hydrogens (tertiary/aromatic N) is 1. The maximum absolute atomic E-state index is 11.3. The van der Waals surface area contributed by atoms with E-state index in [9.17, 15) is 4.21 Å². The van der Waals surface area contributed by atoms with Crippen molar-refractivity contribution in [2.75, 3.05) is 36.0 Å². The smallest absolute Gasteiger partial charge is 0.0642 e. The van der Waals surface area contributed by atoms with E-state index in [4.69, 9.17) is 11.6 Å². The zero-order valence-electron chi connectivity index (χ0n) is 10.6. The molecule has 0 unspecified atom stereocenters. The first kappa shape index (κ1) is 13.8. The van der Waals surface area contributed by atoms with E-state index in [1.807, 2.05) is 6.07 Å². The lowest BCUT2D eigenvalue weighted by Crippen LogP contribution is -2.37. The van der Waals surface area contributed by atoms with Crippen LogP contribution in [0.3, 0.4) is 0 Å². The Bertz CT molecular complexity index is 429. The zero-order valence-corrected chi connectivity index (χ0v) is 12.2. The molecule has 0 amide bonds. The summed E-state index contributed by atoms with van der Waals surface area (Å²) in [5.74, 6) is 1.49. The van der Waals surface area contributed by atoms with E-state index < -0.39 is 10.8 Å². The number of nitrogens with one attached hydrogen (secondary N) is 1. The van der Waals surface area contributed by atoms with Gasteiger partial charge in [-0.3, -0.25) is 4.21 Å². The van der Waals surface area contributed by atoms with Crippen LogP contribution in [0.25, 0.3) is 0 Å². The number of hydrogen-bond donors (Lipinski definition) is 1. The first-order valence-corrected chi connectivity index (χ1v) is 8.16. The minimum absolute atomic E-state index is 0.645. The summed E-state index contributed by atoms with van der Waals surface area (Å²) >= 11 is 6.33. The fourth-order valence-electron chi connectivity index (χ4n) is 2.06. The van der Waals surface area contributed by atoms with Gasteiger partial charge in [-0.2, -0.15) is 0 Å². The summed E-state index contributed by atoms with van der Waals surface area (Å²) in [5.41, 5.74) is 2.26. The lowest BCUT2D eigenvalue weighted by atomic mass is 10.2. The van der Waals surface area contributed by atoms with E-state index in [0.717, 1.165) is 48.4 Å². The highest BCUT2D eigenvalue weighted by atomic mass is 35.5. The van der Waals surface area contributed by atoms with Crippen LogP contribution in [0.5, 0.6) is 0 Å². The monoisotopic (exact) mass is 286 g/mol. The molecule has 1 aliphatic heterocycles. The van der Waals surface area contributed by atoms with Crippen LogP contribution in [-0.4, -0.2) is 35.3 Å². The van der Waals surface area contributed by atoms with Gasteiger partial charge >= 0.3 is 0 Å². The molecule has 1 aromatic carbocycles. The van der Waals surface area contributed by atoms with Crippen LogP contribution >= 0.6 is 11.6 Å². The van der Waals surface area contributed by atoms with Crippen LogP contribution in [0.15, 0.2) is 18.2 Å². The SMILES string of the molecule is CCNCc1ccc(N2CCS(=O)CC2)c(Cl)c1. The van der Waals surface area contributed by atoms with Gasteiger partial charge in [0.05, 0.1) is 10.7 Å². The van der Waals surface area contributed by atoms with E-state index in [0.29, 0.717) is 0 Å². The van der Waals surface area contributed by atoms with Crippen molar-refractivity contribution in [3.8, 4) is 0 Å². The predicted molar refractivity (Wildman–Crippen MR) is 78.9 cm³/mol. The number of halogens is 1.